The molecule has 2 amide bonds. The number of fused-ring (bicyclic) bond motifs is 2. The average molecular weight is 319 g/mol. The van der Waals surface area contributed by atoms with Gasteiger partial charge in [-0.3, -0.25) is 9.59 Å². The van der Waals surface area contributed by atoms with Gasteiger partial charge in [0.25, 0.3) is 5.91 Å². The number of pyridine rings is 1. The summed E-state index contributed by atoms with van der Waals surface area (Å²) in [6, 6.07) is 14.1. The molecule has 3 N–H and O–H groups in total. The molecule has 5 nitrogen and oxygen atoms in total. The zero-order valence-electron chi connectivity index (χ0n) is 13.0. The quantitative estimate of drug-likeness (QED) is 0.560. The molecule has 0 fully saturated rings. The zero-order valence-corrected chi connectivity index (χ0v) is 13.0. The number of amides is 2. The van der Waals surface area contributed by atoms with Crippen molar-refractivity contribution in [2.45, 2.75) is 12.5 Å². The highest BCUT2D eigenvalue weighted by Crippen LogP contribution is 2.25. The Balaban J connectivity index is 2.16. The summed E-state index contributed by atoms with van der Waals surface area (Å²) in [5.41, 5.74) is 7.30. The molecule has 24 heavy (non-hydrogen) atoms. The van der Waals surface area contributed by atoms with Crippen LogP contribution in [0.3, 0.4) is 0 Å². The van der Waals surface area contributed by atoms with Crippen molar-refractivity contribution in [3.63, 3.8) is 0 Å². The standard InChI is InChI=1S/C19H17N3O2/c1-2-7-16(18(20)23)22-19(24)17-12-8-3-5-10-14(12)21-15-11-6-4-9-13(15)17/h2-6,8-11,16H,1,7H2,(H2,20,23)(H,22,24)/t16-/m1/s1. The molecule has 0 aliphatic carbocycles. The first kappa shape index (κ1) is 15.7. The van der Waals surface area contributed by atoms with Gasteiger partial charge in [0.05, 0.1) is 16.6 Å². The molecule has 3 aromatic rings. The van der Waals surface area contributed by atoms with E-state index < -0.39 is 11.9 Å². The van der Waals surface area contributed by atoms with Gasteiger partial charge >= 0.3 is 0 Å². The van der Waals surface area contributed by atoms with Crippen LogP contribution in [0.5, 0.6) is 0 Å². The molecule has 0 bridgehead atoms. The van der Waals surface area contributed by atoms with Crippen molar-refractivity contribution in [1.29, 1.82) is 0 Å². The Morgan fingerprint density at radius 3 is 2.12 bits per heavy atom. The van der Waals surface area contributed by atoms with E-state index in [1.807, 2.05) is 48.5 Å². The van der Waals surface area contributed by atoms with E-state index in [1.165, 1.54) is 0 Å². The summed E-state index contributed by atoms with van der Waals surface area (Å²) in [6.45, 7) is 3.59. The van der Waals surface area contributed by atoms with Crippen LogP contribution in [0.2, 0.25) is 0 Å². The Labute approximate surface area is 139 Å². The lowest BCUT2D eigenvalue weighted by atomic mass is 10.0. The third-order valence-corrected chi connectivity index (χ3v) is 3.87. The maximum Gasteiger partial charge on any atom is 0.253 e. The van der Waals surface area contributed by atoms with E-state index in [1.54, 1.807) is 6.08 Å². The number of hydrogen-bond donors (Lipinski definition) is 2. The van der Waals surface area contributed by atoms with Crippen LogP contribution in [0.4, 0.5) is 0 Å². The molecule has 5 heteroatoms. The molecule has 2 aromatic carbocycles. The van der Waals surface area contributed by atoms with Gasteiger partial charge < -0.3 is 11.1 Å². The first-order chi connectivity index (χ1) is 11.6. The molecule has 120 valence electrons. The van der Waals surface area contributed by atoms with E-state index in [9.17, 15) is 9.59 Å². The number of para-hydroxylation sites is 2. The summed E-state index contributed by atoms with van der Waals surface area (Å²) in [4.78, 5) is 29.0. The maximum absolute atomic E-state index is 12.9. The van der Waals surface area contributed by atoms with Crippen molar-refractivity contribution in [1.82, 2.24) is 10.3 Å². The van der Waals surface area contributed by atoms with Crippen molar-refractivity contribution >= 4 is 33.6 Å². The first-order valence-electron chi connectivity index (χ1n) is 7.60. The minimum Gasteiger partial charge on any atom is -0.368 e. The SMILES string of the molecule is C=CC[C@@H](NC(=O)c1c2ccccc2nc2ccccc12)C(N)=O. The Bertz CT molecular complexity index is 896. The van der Waals surface area contributed by atoms with E-state index >= 15 is 0 Å². The summed E-state index contributed by atoms with van der Waals surface area (Å²) in [7, 11) is 0. The van der Waals surface area contributed by atoms with Gasteiger partial charge in [-0.1, -0.05) is 42.5 Å². The van der Waals surface area contributed by atoms with Crippen LogP contribution in [-0.2, 0) is 4.79 Å². The van der Waals surface area contributed by atoms with Crippen LogP contribution in [0, 0.1) is 0 Å². The van der Waals surface area contributed by atoms with Crippen LogP contribution >= 0.6 is 0 Å². The summed E-state index contributed by atoms with van der Waals surface area (Å²) in [5.74, 6) is -0.943. The van der Waals surface area contributed by atoms with E-state index in [0.29, 0.717) is 5.56 Å². The van der Waals surface area contributed by atoms with Gasteiger partial charge in [-0.25, -0.2) is 4.98 Å². The number of aromatic nitrogens is 1. The molecule has 1 atom stereocenters. The Hall–Kier alpha value is -3.21. The highest BCUT2D eigenvalue weighted by Gasteiger charge is 2.21. The molecule has 0 spiro atoms. The van der Waals surface area contributed by atoms with Gasteiger partial charge in [-0.15, -0.1) is 6.58 Å². The maximum atomic E-state index is 12.9. The lowest BCUT2D eigenvalue weighted by Crippen LogP contribution is -2.44. The molecule has 0 saturated heterocycles. The van der Waals surface area contributed by atoms with E-state index in [2.05, 4.69) is 16.9 Å². The van der Waals surface area contributed by atoms with Crippen molar-refractivity contribution in [3.05, 3.63) is 66.7 Å². The number of carbonyl (C=O) groups excluding carboxylic acids is 2. The molecule has 0 unspecified atom stereocenters. The number of benzene rings is 2. The summed E-state index contributed by atoms with van der Waals surface area (Å²) >= 11 is 0. The number of rotatable bonds is 5. The van der Waals surface area contributed by atoms with Gasteiger partial charge in [0, 0.05) is 10.8 Å². The second kappa shape index (κ2) is 6.50. The number of carbonyl (C=O) groups is 2. The van der Waals surface area contributed by atoms with Gasteiger partial charge in [0.1, 0.15) is 6.04 Å². The van der Waals surface area contributed by atoms with Crippen molar-refractivity contribution in [2.75, 3.05) is 0 Å². The first-order valence-corrected chi connectivity index (χ1v) is 7.60. The highest BCUT2D eigenvalue weighted by molar-refractivity contribution is 6.16. The third kappa shape index (κ3) is 2.84. The molecular weight excluding hydrogens is 302 g/mol. The smallest absolute Gasteiger partial charge is 0.253 e. The molecular formula is C19H17N3O2. The topological polar surface area (TPSA) is 85.1 Å². The predicted octanol–water partition coefficient (Wildman–Crippen LogP) is 2.55. The Kier molecular flexibility index (Phi) is 4.24. The number of hydrogen-bond acceptors (Lipinski definition) is 3. The molecule has 1 heterocycles. The van der Waals surface area contributed by atoms with Crippen LogP contribution in [0.1, 0.15) is 16.8 Å². The fourth-order valence-electron chi connectivity index (χ4n) is 2.73. The zero-order chi connectivity index (χ0) is 17.1. The van der Waals surface area contributed by atoms with Crippen LogP contribution in [0.15, 0.2) is 61.2 Å². The lowest BCUT2D eigenvalue weighted by molar-refractivity contribution is -0.119. The summed E-state index contributed by atoms with van der Waals surface area (Å²) < 4.78 is 0. The van der Waals surface area contributed by atoms with Gasteiger partial charge in [0.15, 0.2) is 0 Å². The average Bonchev–Trinajstić information content (AvgIpc) is 2.58. The molecule has 0 radical (unpaired) electrons. The summed E-state index contributed by atoms with van der Waals surface area (Å²) in [6.07, 6.45) is 1.83. The molecule has 0 saturated carbocycles. The summed E-state index contributed by atoms with van der Waals surface area (Å²) in [5, 5.41) is 4.17. The van der Waals surface area contributed by atoms with Crippen molar-refractivity contribution in [2.24, 2.45) is 5.73 Å². The van der Waals surface area contributed by atoms with E-state index in [4.69, 9.17) is 5.73 Å². The van der Waals surface area contributed by atoms with Gasteiger partial charge in [-0.2, -0.15) is 0 Å². The Morgan fingerprint density at radius 1 is 1.08 bits per heavy atom. The molecule has 0 aliphatic heterocycles. The number of nitrogens with zero attached hydrogens (tertiary/aromatic N) is 1. The largest absolute Gasteiger partial charge is 0.368 e. The number of primary amides is 1. The lowest BCUT2D eigenvalue weighted by Gasteiger charge is -2.16. The fourth-order valence-corrected chi connectivity index (χ4v) is 2.73. The minimum absolute atomic E-state index is 0.280. The third-order valence-electron chi connectivity index (χ3n) is 3.87. The van der Waals surface area contributed by atoms with Gasteiger partial charge in [-0.05, 0) is 18.6 Å². The fraction of sp³-hybridized carbons (Fsp3) is 0.105. The van der Waals surface area contributed by atoms with Crippen LogP contribution in [0.25, 0.3) is 21.8 Å². The second-order valence-corrected chi connectivity index (χ2v) is 5.47. The van der Waals surface area contributed by atoms with E-state index in [0.717, 1.165) is 21.8 Å². The van der Waals surface area contributed by atoms with Crippen LogP contribution < -0.4 is 11.1 Å². The second-order valence-electron chi connectivity index (χ2n) is 5.47. The highest BCUT2D eigenvalue weighted by atomic mass is 16.2. The molecule has 3 rings (SSSR count). The minimum atomic E-state index is -0.791. The monoisotopic (exact) mass is 319 g/mol. The molecule has 0 aliphatic rings. The van der Waals surface area contributed by atoms with Crippen molar-refractivity contribution in [3.8, 4) is 0 Å². The van der Waals surface area contributed by atoms with Crippen LogP contribution in [-0.4, -0.2) is 22.8 Å². The number of nitrogens with two attached hydrogens (primary N) is 1. The van der Waals surface area contributed by atoms with Gasteiger partial charge in [0.2, 0.25) is 5.91 Å². The Morgan fingerprint density at radius 2 is 1.62 bits per heavy atom. The number of nitrogens with one attached hydrogen (secondary N) is 1. The molecule has 1 aromatic heterocycles. The predicted molar refractivity (Wildman–Crippen MR) is 94.5 cm³/mol. The van der Waals surface area contributed by atoms with Crippen molar-refractivity contribution < 1.29 is 9.59 Å². The normalized spacial score (nSPS) is 12.0. The van der Waals surface area contributed by atoms with E-state index in [-0.39, 0.29) is 12.3 Å².